The molecule has 3 rings (SSSR count). The largest absolute Gasteiger partial charge is 0.493 e. The molecule has 0 unspecified atom stereocenters. The van der Waals surface area contributed by atoms with Gasteiger partial charge in [0.15, 0.2) is 11.5 Å². The van der Waals surface area contributed by atoms with Crippen molar-refractivity contribution in [1.82, 2.24) is 0 Å². The Morgan fingerprint density at radius 1 is 0.742 bits per heavy atom. The molecule has 0 fully saturated rings. The fourth-order valence-corrected chi connectivity index (χ4v) is 2.93. The SMILES string of the molecule is COc1cc(C(=O)Nc2ccccc2OCCOc2ccccc2)cc(OC)c1OC. The third kappa shape index (κ3) is 5.60. The van der Waals surface area contributed by atoms with Gasteiger partial charge in [-0.05, 0) is 36.4 Å². The van der Waals surface area contributed by atoms with Gasteiger partial charge in [-0.2, -0.15) is 0 Å². The lowest BCUT2D eigenvalue weighted by Crippen LogP contribution is -2.15. The summed E-state index contributed by atoms with van der Waals surface area (Å²) in [5.74, 6) is 2.19. The van der Waals surface area contributed by atoms with Crippen molar-refractivity contribution in [2.24, 2.45) is 0 Å². The van der Waals surface area contributed by atoms with Gasteiger partial charge in [-0.15, -0.1) is 0 Å². The number of hydrogen-bond donors (Lipinski definition) is 1. The Morgan fingerprint density at radius 3 is 2.00 bits per heavy atom. The molecular formula is C24H25NO6. The van der Waals surface area contributed by atoms with Gasteiger partial charge >= 0.3 is 0 Å². The van der Waals surface area contributed by atoms with Crippen LogP contribution in [-0.2, 0) is 0 Å². The third-order valence-electron chi connectivity index (χ3n) is 4.42. The van der Waals surface area contributed by atoms with E-state index in [1.165, 1.54) is 21.3 Å². The van der Waals surface area contributed by atoms with E-state index >= 15 is 0 Å². The van der Waals surface area contributed by atoms with Crippen LogP contribution in [0.25, 0.3) is 0 Å². The van der Waals surface area contributed by atoms with E-state index in [-0.39, 0.29) is 5.91 Å². The molecule has 0 spiro atoms. The van der Waals surface area contributed by atoms with Crippen LogP contribution in [0.15, 0.2) is 66.7 Å². The van der Waals surface area contributed by atoms with Crippen LogP contribution >= 0.6 is 0 Å². The molecule has 0 aromatic heterocycles. The molecule has 1 amide bonds. The van der Waals surface area contributed by atoms with E-state index in [4.69, 9.17) is 23.7 Å². The van der Waals surface area contributed by atoms with Gasteiger partial charge in [-0.25, -0.2) is 0 Å². The van der Waals surface area contributed by atoms with Crippen LogP contribution in [0, 0.1) is 0 Å². The van der Waals surface area contributed by atoms with Gasteiger partial charge in [0.2, 0.25) is 5.75 Å². The summed E-state index contributed by atoms with van der Waals surface area (Å²) in [7, 11) is 4.51. The fourth-order valence-electron chi connectivity index (χ4n) is 2.93. The van der Waals surface area contributed by atoms with Crippen molar-refractivity contribution < 1.29 is 28.5 Å². The second kappa shape index (κ2) is 10.8. The lowest BCUT2D eigenvalue weighted by molar-refractivity contribution is 0.102. The van der Waals surface area contributed by atoms with E-state index in [0.717, 1.165) is 5.75 Å². The average Bonchev–Trinajstić information content (AvgIpc) is 2.82. The van der Waals surface area contributed by atoms with Gasteiger partial charge in [-0.3, -0.25) is 4.79 Å². The monoisotopic (exact) mass is 423 g/mol. The molecule has 0 saturated carbocycles. The summed E-state index contributed by atoms with van der Waals surface area (Å²) in [5, 5.41) is 2.87. The highest BCUT2D eigenvalue weighted by molar-refractivity contribution is 6.05. The Kier molecular flexibility index (Phi) is 7.59. The molecule has 7 nitrogen and oxygen atoms in total. The Labute approximate surface area is 181 Å². The predicted molar refractivity (Wildman–Crippen MR) is 118 cm³/mol. The molecule has 0 saturated heterocycles. The number of hydrogen-bond acceptors (Lipinski definition) is 6. The van der Waals surface area contributed by atoms with Crippen molar-refractivity contribution in [3.63, 3.8) is 0 Å². The second-order valence-electron chi connectivity index (χ2n) is 6.37. The molecule has 31 heavy (non-hydrogen) atoms. The van der Waals surface area contributed by atoms with Gasteiger partial charge in [0.05, 0.1) is 27.0 Å². The van der Waals surface area contributed by atoms with Crippen LogP contribution in [0.5, 0.6) is 28.7 Å². The zero-order valence-electron chi connectivity index (χ0n) is 17.7. The summed E-state index contributed by atoms with van der Waals surface area (Å²) < 4.78 is 27.4. The first kappa shape index (κ1) is 21.8. The Hall–Kier alpha value is -3.87. The molecule has 0 heterocycles. The van der Waals surface area contributed by atoms with E-state index in [1.807, 2.05) is 42.5 Å². The van der Waals surface area contributed by atoms with Crippen LogP contribution < -0.4 is 29.0 Å². The van der Waals surface area contributed by atoms with Crippen LogP contribution in [0.1, 0.15) is 10.4 Å². The van der Waals surface area contributed by atoms with Gasteiger partial charge in [-0.1, -0.05) is 30.3 Å². The summed E-state index contributed by atoms with van der Waals surface area (Å²) in [6, 6.07) is 19.9. The van der Waals surface area contributed by atoms with Crippen LogP contribution in [-0.4, -0.2) is 40.5 Å². The average molecular weight is 423 g/mol. The maximum atomic E-state index is 12.9. The molecule has 7 heteroatoms. The molecule has 0 aliphatic heterocycles. The normalized spacial score (nSPS) is 10.2. The van der Waals surface area contributed by atoms with Gasteiger partial charge in [0.25, 0.3) is 5.91 Å². The number of rotatable bonds is 10. The van der Waals surface area contributed by atoms with Crippen LogP contribution in [0.3, 0.4) is 0 Å². The molecular weight excluding hydrogens is 398 g/mol. The zero-order chi connectivity index (χ0) is 22.1. The number of carbonyl (C=O) groups excluding carboxylic acids is 1. The van der Waals surface area contributed by atoms with Crippen molar-refractivity contribution in [3.8, 4) is 28.7 Å². The minimum Gasteiger partial charge on any atom is -0.493 e. The smallest absolute Gasteiger partial charge is 0.256 e. The number of amides is 1. The lowest BCUT2D eigenvalue weighted by Gasteiger charge is -2.15. The Bertz CT molecular complexity index is 981. The molecule has 162 valence electrons. The first-order valence-corrected chi connectivity index (χ1v) is 9.67. The molecule has 1 N–H and O–H groups in total. The first-order chi connectivity index (χ1) is 15.2. The van der Waals surface area contributed by atoms with E-state index in [0.29, 0.717) is 47.5 Å². The Morgan fingerprint density at radius 2 is 1.35 bits per heavy atom. The summed E-state index contributed by atoms with van der Waals surface area (Å²) >= 11 is 0. The highest BCUT2D eigenvalue weighted by Crippen LogP contribution is 2.38. The topological polar surface area (TPSA) is 75.3 Å². The van der Waals surface area contributed by atoms with Crippen LogP contribution in [0.4, 0.5) is 5.69 Å². The maximum absolute atomic E-state index is 12.9. The zero-order valence-corrected chi connectivity index (χ0v) is 17.7. The number of methoxy groups -OCH3 is 3. The van der Waals surface area contributed by atoms with Crippen molar-refractivity contribution in [3.05, 3.63) is 72.3 Å². The van der Waals surface area contributed by atoms with Gasteiger partial charge < -0.3 is 29.0 Å². The minimum absolute atomic E-state index is 0.325. The predicted octanol–water partition coefficient (Wildman–Crippen LogP) is 4.42. The highest BCUT2D eigenvalue weighted by atomic mass is 16.5. The second-order valence-corrected chi connectivity index (χ2v) is 6.37. The standard InChI is InChI=1S/C24H25NO6/c1-27-21-15-17(16-22(28-2)23(21)29-3)24(26)25-19-11-7-8-12-20(19)31-14-13-30-18-9-5-4-6-10-18/h4-12,15-16H,13-14H2,1-3H3,(H,25,26). The number of para-hydroxylation sites is 3. The summed E-state index contributed by atoms with van der Waals surface area (Å²) in [6.45, 7) is 0.700. The quantitative estimate of drug-likeness (QED) is 0.487. The number of benzene rings is 3. The van der Waals surface area contributed by atoms with Crippen LogP contribution in [0.2, 0.25) is 0 Å². The van der Waals surface area contributed by atoms with Gasteiger partial charge in [0.1, 0.15) is 24.7 Å². The molecule has 0 aliphatic carbocycles. The van der Waals surface area contributed by atoms with Gasteiger partial charge in [0, 0.05) is 5.56 Å². The molecule has 3 aromatic rings. The maximum Gasteiger partial charge on any atom is 0.256 e. The van der Waals surface area contributed by atoms with Crippen molar-refractivity contribution >= 4 is 11.6 Å². The summed E-state index contributed by atoms with van der Waals surface area (Å²) in [6.07, 6.45) is 0. The molecule has 0 aliphatic rings. The van der Waals surface area contributed by atoms with Crippen molar-refractivity contribution in [2.75, 3.05) is 39.9 Å². The number of carbonyl (C=O) groups is 1. The molecule has 0 radical (unpaired) electrons. The fraction of sp³-hybridized carbons (Fsp3) is 0.208. The lowest BCUT2D eigenvalue weighted by atomic mass is 10.1. The van der Waals surface area contributed by atoms with Crippen molar-refractivity contribution in [2.45, 2.75) is 0 Å². The van der Waals surface area contributed by atoms with E-state index in [2.05, 4.69) is 5.32 Å². The highest BCUT2D eigenvalue weighted by Gasteiger charge is 2.18. The number of anilines is 1. The third-order valence-corrected chi connectivity index (χ3v) is 4.42. The summed E-state index contributed by atoms with van der Waals surface area (Å²) in [5.41, 5.74) is 0.901. The number of ether oxygens (including phenoxy) is 5. The molecule has 0 atom stereocenters. The minimum atomic E-state index is -0.337. The molecule has 3 aromatic carbocycles. The van der Waals surface area contributed by atoms with E-state index < -0.39 is 0 Å². The molecule has 0 bridgehead atoms. The summed E-state index contributed by atoms with van der Waals surface area (Å²) in [4.78, 5) is 12.9. The Balaban J connectivity index is 1.68. The van der Waals surface area contributed by atoms with Crippen molar-refractivity contribution in [1.29, 1.82) is 0 Å². The van der Waals surface area contributed by atoms with E-state index in [9.17, 15) is 4.79 Å². The first-order valence-electron chi connectivity index (χ1n) is 9.67. The number of nitrogens with one attached hydrogen (secondary N) is 1. The van der Waals surface area contributed by atoms with E-state index in [1.54, 1.807) is 24.3 Å².